The molecule has 1 aliphatic heterocycles. The van der Waals surface area contributed by atoms with Crippen molar-refractivity contribution in [1.29, 1.82) is 0 Å². The number of aryl methyl sites for hydroxylation is 1. The molecule has 0 bridgehead atoms. The molecule has 0 saturated carbocycles. The third-order valence-electron chi connectivity index (χ3n) is 4.94. The van der Waals surface area contributed by atoms with Crippen LogP contribution in [0.15, 0.2) is 48.5 Å². The topological polar surface area (TPSA) is 35.6 Å². The molecule has 2 aromatic rings. The van der Waals surface area contributed by atoms with Gasteiger partial charge >= 0.3 is 0 Å². The maximum absolute atomic E-state index is 12.6. The third-order valence-corrected chi connectivity index (χ3v) is 4.94. The Bertz CT molecular complexity index is 720. The van der Waals surface area contributed by atoms with E-state index < -0.39 is 0 Å². The van der Waals surface area contributed by atoms with Crippen molar-refractivity contribution in [2.45, 2.75) is 33.1 Å². The molecule has 0 spiro atoms. The van der Waals surface area contributed by atoms with Crippen LogP contribution in [0.5, 0.6) is 0 Å². The lowest BCUT2D eigenvalue weighted by Gasteiger charge is -2.22. The molecule has 1 heterocycles. The molecule has 1 aliphatic rings. The van der Waals surface area contributed by atoms with Gasteiger partial charge in [-0.15, -0.1) is 0 Å². The molecule has 1 N–H and O–H groups in total. The molecule has 1 saturated heterocycles. The van der Waals surface area contributed by atoms with Gasteiger partial charge in [0.15, 0.2) is 0 Å². The first kappa shape index (κ1) is 18.3. The van der Waals surface area contributed by atoms with Crippen molar-refractivity contribution in [2.75, 3.05) is 41.3 Å². The van der Waals surface area contributed by atoms with Gasteiger partial charge in [-0.05, 0) is 68.7 Å². The minimum absolute atomic E-state index is 0.152. The van der Waals surface area contributed by atoms with Gasteiger partial charge in [-0.25, -0.2) is 0 Å². The Morgan fingerprint density at radius 2 is 1.85 bits per heavy atom. The van der Waals surface area contributed by atoms with Crippen LogP contribution in [-0.2, 0) is 4.79 Å². The first-order valence-electron chi connectivity index (χ1n) is 9.63. The predicted octanol–water partition coefficient (Wildman–Crippen LogP) is 4.45. The lowest BCUT2D eigenvalue weighted by Crippen LogP contribution is -2.31. The molecule has 0 unspecified atom stereocenters. The second-order valence-corrected chi connectivity index (χ2v) is 6.89. The van der Waals surface area contributed by atoms with E-state index in [1.54, 1.807) is 0 Å². The first-order chi connectivity index (χ1) is 12.7. The van der Waals surface area contributed by atoms with Crippen molar-refractivity contribution in [1.82, 2.24) is 0 Å². The summed E-state index contributed by atoms with van der Waals surface area (Å²) in [6, 6.07) is 16.7. The van der Waals surface area contributed by atoms with Crippen LogP contribution in [0.2, 0.25) is 0 Å². The highest BCUT2D eigenvalue weighted by atomic mass is 16.2. The fraction of sp³-hybridized carbons (Fsp3) is 0.409. The first-order valence-corrected chi connectivity index (χ1v) is 9.63. The zero-order chi connectivity index (χ0) is 18.4. The van der Waals surface area contributed by atoms with E-state index in [4.69, 9.17) is 0 Å². The van der Waals surface area contributed by atoms with E-state index in [2.05, 4.69) is 53.5 Å². The Morgan fingerprint density at radius 3 is 2.50 bits per heavy atom. The summed E-state index contributed by atoms with van der Waals surface area (Å²) in [5, 5.41) is 3.37. The van der Waals surface area contributed by atoms with Gasteiger partial charge in [0.2, 0.25) is 5.91 Å². The molecule has 4 heteroatoms. The van der Waals surface area contributed by atoms with Gasteiger partial charge in [-0.3, -0.25) is 4.79 Å². The highest BCUT2D eigenvalue weighted by Crippen LogP contribution is 2.22. The maximum Gasteiger partial charge on any atom is 0.228 e. The van der Waals surface area contributed by atoms with Crippen molar-refractivity contribution in [3.63, 3.8) is 0 Å². The lowest BCUT2D eigenvalue weighted by molar-refractivity contribution is -0.118. The van der Waals surface area contributed by atoms with Crippen LogP contribution < -0.4 is 15.1 Å². The zero-order valence-electron chi connectivity index (χ0n) is 15.9. The van der Waals surface area contributed by atoms with Gasteiger partial charge in [0, 0.05) is 49.7 Å². The van der Waals surface area contributed by atoms with Crippen molar-refractivity contribution in [3.05, 3.63) is 54.1 Å². The molecular formula is C22H29N3O. The molecule has 1 fully saturated rings. The van der Waals surface area contributed by atoms with E-state index in [0.717, 1.165) is 24.5 Å². The van der Waals surface area contributed by atoms with Gasteiger partial charge < -0.3 is 15.1 Å². The molecular weight excluding hydrogens is 322 g/mol. The van der Waals surface area contributed by atoms with Gasteiger partial charge in [0.05, 0.1) is 0 Å². The number of amides is 1. The molecule has 1 amide bonds. The van der Waals surface area contributed by atoms with E-state index in [1.165, 1.54) is 24.1 Å². The molecule has 0 aromatic heterocycles. The minimum Gasteiger partial charge on any atom is -0.385 e. The Hall–Kier alpha value is -2.49. The number of nitrogens with one attached hydrogen (secondary N) is 1. The fourth-order valence-corrected chi connectivity index (χ4v) is 3.51. The summed E-state index contributed by atoms with van der Waals surface area (Å²) in [4.78, 5) is 16.9. The van der Waals surface area contributed by atoms with E-state index in [0.29, 0.717) is 19.5 Å². The highest BCUT2D eigenvalue weighted by Gasteiger charge is 2.14. The average Bonchev–Trinajstić information content (AvgIpc) is 3.18. The van der Waals surface area contributed by atoms with Crippen molar-refractivity contribution < 1.29 is 4.79 Å². The normalized spacial score (nSPS) is 13.7. The van der Waals surface area contributed by atoms with Crippen LogP contribution in [0, 0.1) is 6.92 Å². The molecule has 2 aromatic carbocycles. The van der Waals surface area contributed by atoms with Crippen LogP contribution in [0.1, 0.15) is 31.7 Å². The highest BCUT2D eigenvalue weighted by molar-refractivity contribution is 5.93. The summed E-state index contributed by atoms with van der Waals surface area (Å²) >= 11 is 0. The maximum atomic E-state index is 12.6. The monoisotopic (exact) mass is 351 g/mol. The van der Waals surface area contributed by atoms with Crippen LogP contribution in [0.4, 0.5) is 17.1 Å². The molecule has 138 valence electrons. The van der Waals surface area contributed by atoms with Crippen molar-refractivity contribution in [2.24, 2.45) is 0 Å². The summed E-state index contributed by atoms with van der Waals surface area (Å²) in [7, 11) is 0. The lowest BCUT2D eigenvalue weighted by atomic mass is 10.2. The van der Waals surface area contributed by atoms with E-state index in [1.807, 2.05) is 24.0 Å². The molecule has 0 aliphatic carbocycles. The van der Waals surface area contributed by atoms with Gasteiger partial charge in [0.1, 0.15) is 0 Å². The van der Waals surface area contributed by atoms with Crippen LogP contribution >= 0.6 is 0 Å². The van der Waals surface area contributed by atoms with E-state index >= 15 is 0 Å². The predicted molar refractivity (Wildman–Crippen MR) is 110 cm³/mol. The number of rotatable bonds is 7. The summed E-state index contributed by atoms with van der Waals surface area (Å²) in [6.45, 7) is 7.72. The quantitative estimate of drug-likeness (QED) is 0.800. The third kappa shape index (κ3) is 4.57. The van der Waals surface area contributed by atoms with Crippen LogP contribution in [0.25, 0.3) is 0 Å². The van der Waals surface area contributed by atoms with Crippen molar-refractivity contribution in [3.8, 4) is 0 Å². The molecule has 0 radical (unpaired) electrons. The number of carbonyl (C=O) groups is 1. The summed E-state index contributed by atoms with van der Waals surface area (Å²) < 4.78 is 0. The SMILES string of the molecule is CCN(C(=O)CCNc1ccc(N2CCCC2)cc1)c1cccc(C)c1. The molecule has 26 heavy (non-hydrogen) atoms. The zero-order valence-corrected chi connectivity index (χ0v) is 15.9. The second kappa shape index (κ2) is 8.75. The fourth-order valence-electron chi connectivity index (χ4n) is 3.51. The molecule has 4 nitrogen and oxygen atoms in total. The molecule has 3 rings (SSSR count). The summed E-state index contributed by atoms with van der Waals surface area (Å²) in [5.41, 5.74) is 4.51. The number of hydrogen-bond acceptors (Lipinski definition) is 3. The smallest absolute Gasteiger partial charge is 0.228 e. The second-order valence-electron chi connectivity index (χ2n) is 6.89. The number of carbonyl (C=O) groups excluding carboxylic acids is 1. The van der Waals surface area contributed by atoms with E-state index in [-0.39, 0.29) is 5.91 Å². The number of benzene rings is 2. The molecule has 0 atom stereocenters. The Morgan fingerprint density at radius 1 is 1.12 bits per heavy atom. The summed E-state index contributed by atoms with van der Waals surface area (Å²) in [5.74, 6) is 0.152. The van der Waals surface area contributed by atoms with Crippen LogP contribution in [0.3, 0.4) is 0 Å². The van der Waals surface area contributed by atoms with E-state index in [9.17, 15) is 4.79 Å². The number of anilines is 3. The standard InChI is InChI=1S/C22H29N3O/c1-3-25(21-8-6-7-18(2)17-21)22(26)13-14-23-19-9-11-20(12-10-19)24-15-4-5-16-24/h6-12,17,23H,3-5,13-16H2,1-2H3. The summed E-state index contributed by atoms with van der Waals surface area (Å²) in [6.07, 6.45) is 3.06. The van der Waals surface area contributed by atoms with Crippen LogP contribution in [-0.4, -0.2) is 32.1 Å². The Balaban J connectivity index is 1.51. The van der Waals surface area contributed by atoms with Crippen molar-refractivity contribution >= 4 is 23.0 Å². The Labute approximate surface area is 156 Å². The number of hydrogen-bond donors (Lipinski definition) is 1. The average molecular weight is 351 g/mol. The number of nitrogens with zero attached hydrogens (tertiary/aromatic N) is 2. The van der Waals surface area contributed by atoms with Gasteiger partial charge in [0.25, 0.3) is 0 Å². The largest absolute Gasteiger partial charge is 0.385 e. The minimum atomic E-state index is 0.152. The Kier molecular flexibility index (Phi) is 6.16. The van der Waals surface area contributed by atoms with Gasteiger partial charge in [-0.1, -0.05) is 12.1 Å². The van der Waals surface area contributed by atoms with Gasteiger partial charge in [-0.2, -0.15) is 0 Å².